The first-order chi connectivity index (χ1) is 15.0. The lowest BCUT2D eigenvalue weighted by Gasteiger charge is -2.47. The van der Waals surface area contributed by atoms with Gasteiger partial charge in [-0.1, -0.05) is 18.2 Å². The van der Waals surface area contributed by atoms with Crippen molar-refractivity contribution in [3.63, 3.8) is 0 Å². The number of oxazole rings is 1. The van der Waals surface area contributed by atoms with Crippen LogP contribution in [-0.4, -0.2) is 34.6 Å². The number of hydrogen-bond donors (Lipinski definition) is 1. The van der Waals surface area contributed by atoms with E-state index in [1.54, 1.807) is 0 Å². The van der Waals surface area contributed by atoms with Crippen LogP contribution in [0, 0.1) is 6.92 Å². The Kier molecular flexibility index (Phi) is 6.02. The Hall–Kier alpha value is -2.84. The highest BCUT2D eigenvalue weighted by Crippen LogP contribution is 2.66. The van der Waals surface area contributed by atoms with Gasteiger partial charge in [0, 0.05) is 11.0 Å². The van der Waals surface area contributed by atoms with Crippen molar-refractivity contribution in [3.8, 4) is 11.5 Å². The summed E-state index contributed by atoms with van der Waals surface area (Å²) < 4.78 is 17.1. The summed E-state index contributed by atoms with van der Waals surface area (Å²) in [5.74, 6) is 1.85. The normalized spacial score (nSPS) is 27.9. The van der Waals surface area contributed by atoms with E-state index in [-0.39, 0.29) is 6.61 Å². The first-order valence-corrected chi connectivity index (χ1v) is 12.0. The van der Waals surface area contributed by atoms with Crippen molar-refractivity contribution >= 4 is 22.1 Å². The Morgan fingerprint density at radius 2 is 2.13 bits per heavy atom. The number of aryl methyl sites for hydroxylation is 1. The molecule has 2 aliphatic heterocycles. The second kappa shape index (κ2) is 8.72. The fourth-order valence-electron chi connectivity index (χ4n) is 4.19. The van der Waals surface area contributed by atoms with Crippen LogP contribution < -0.4 is 5.32 Å². The van der Waals surface area contributed by atoms with Crippen molar-refractivity contribution < 1.29 is 23.5 Å². The molecule has 2 aromatic rings. The molecule has 2 unspecified atom stereocenters. The number of allylic oxidation sites excluding steroid dienone is 1. The number of carbonyl (C=O) groups excluding carboxylic acids is 2. The van der Waals surface area contributed by atoms with Crippen LogP contribution in [0.5, 0.6) is 0 Å². The Morgan fingerprint density at radius 3 is 2.81 bits per heavy atom. The highest BCUT2D eigenvalue weighted by atomic mass is 32.3. The topological polar surface area (TPSA) is 90.7 Å². The van der Waals surface area contributed by atoms with Crippen LogP contribution >= 0.6 is 10.0 Å². The highest BCUT2D eigenvalue weighted by Gasteiger charge is 2.53. The molecule has 7 nitrogen and oxygen atoms in total. The van der Waals surface area contributed by atoms with Crippen molar-refractivity contribution in [2.24, 2.45) is 0 Å². The van der Waals surface area contributed by atoms with Crippen LogP contribution in [0.2, 0.25) is 0 Å². The van der Waals surface area contributed by atoms with Gasteiger partial charge in [0.25, 0.3) is 6.47 Å². The predicted octanol–water partition coefficient (Wildman–Crippen LogP) is 4.17. The maximum Gasteiger partial charge on any atom is 0.293 e. The van der Waals surface area contributed by atoms with Crippen LogP contribution in [0.3, 0.4) is 0 Å². The third-order valence-corrected chi connectivity index (χ3v) is 9.38. The van der Waals surface area contributed by atoms with Gasteiger partial charge in [-0.05, 0) is 56.9 Å². The van der Waals surface area contributed by atoms with E-state index in [1.807, 2.05) is 61.1 Å². The van der Waals surface area contributed by atoms with E-state index in [4.69, 9.17) is 13.9 Å². The number of rotatable bonds is 9. The lowest BCUT2D eigenvalue weighted by Crippen LogP contribution is -2.52. The lowest BCUT2D eigenvalue weighted by atomic mass is 10.1. The zero-order valence-corrected chi connectivity index (χ0v) is 18.4. The molecule has 1 aromatic heterocycles. The summed E-state index contributed by atoms with van der Waals surface area (Å²) >= 11 is 0. The third kappa shape index (κ3) is 3.81. The zero-order chi connectivity index (χ0) is 21.9. The standard InChI is InChI=1S/C23H26N2O5S/c1-17-21(25-22(30-17)19-7-4-3-5-8-19)13-28-20-9-12-31(14-20,16-27)23(10-6-11-24-23)18(2)29-15-26/h3-5,7-9,12,14-16,18,24H,6,10-11,13H2,1-2H3/t18?,23-/m1/s1. The molecule has 0 bridgehead atoms. The Bertz CT molecular complexity index is 1010. The molecular formula is C23H26N2O5S. The van der Waals surface area contributed by atoms with E-state index < -0.39 is 21.0 Å². The Balaban J connectivity index is 1.53. The first-order valence-electron chi connectivity index (χ1n) is 10.2. The summed E-state index contributed by atoms with van der Waals surface area (Å²) in [6.45, 7) is 5.13. The van der Waals surface area contributed by atoms with E-state index in [1.165, 1.54) is 0 Å². The molecule has 0 aliphatic carbocycles. The second-order valence-corrected chi connectivity index (χ2v) is 10.6. The minimum atomic E-state index is -2.05. The number of aromatic nitrogens is 1. The number of nitrogens with one attached hydrogen (secondary N) is 1. The second-order valence-electron chi connectivity index (χ2n) is 7.65. The minimum absolute atomic E-state index is 0.230. The van der Waals surface area contributed by atoms with E-state index in [9.17, 15) is 9.59 Å². The van der Waals surface area contributed by atoms with Gasteiger partial charge in [0.1, 0.15) is 29.9 Å². The fourth-order valence-corrected chi connectivity index (χ4v) is 7.39. The number of benzene rings is 1. The van der Waals surface area contributed by atoms with Gasteiger partial charge in [0.15, 0.2) is 5.62 Å². The van der Waals surface area contributed by atoms with Gasteiger partial charge >= 0.3 is 0 Å². The molecule has 0 radical (unpaired) electrons. The van der Waals surface area contributed by atoms with Gasteiger partial charge in [0.05, 0.1) is 4.87 Å². The molecule has 8 heteroatoms. The van der Waals surface area contributed by atoms with Crippen LogP contribution in [-0.2, 0) is 25.7 Å². The monoisotopic (exact) mass is 442 g/mol. The van der Waals surface area contributed by atoms with Crippen molar-refractivity contribution in [2.45, 2.75) is 44.3 Å². The molecule has 0 amide bonds. The Morgan fingerprint density at radius 1 is 1.32 bits per heavy atom. The van der Waals surface area contributed by atoms with Gasteiger partial charge in [0.2, 0.25) is 5.89 Å². The quantitative estimate of drug-likeness (QED) is 0.583. The molecule has 1 fully saturated rings. The SMILES string of the molecule is Cc1oc(-c2ccccc2)nc1COC1=CS(C=O)([C@@]2(C(C)OC=O)CCCN2)C=C1. The maximum absolute atomic E-state index is 12.3. The molecule has 2 aliphatic rings. The Labute approximate surface area is 182 Å². The molecule has 1 N–H and O–H groups in total. The number of ether oxygens (including phenoxy) is 2. The summed E-state index contributed by atoms with van der Waals surface area (Å²) in [4.78, 5) is 27.3. The fraction of sp³-hybridized carbons (Fsp3) is 0.348. The molecule has 0 saturated carbocycles. The molecule has 1 aromatic carbocycles. The molecule has 164 valence electrons. The van der Waals surface area contributed by atoms with E-state index in [0.717, 1.165) is 30.6 Å². The van der Waals surface area contributed by atoms with Crippen molar-refractivity contribution in [1.29, 1.82) is 0 Å². The van der Waals surface area contributed by atoms with Crippen molar-refractivity contribution in [2.75, 3.05) is 6.54 Å². The molecule has 31 heavy (non-hydrogen) atoms. The van der Waals surface area contributed by atoms with Crippen LogP contribution in [0.15, 0.2) is 57.4 Å². The first kappa shape index (κ1) is 21.4. The number of carbonyl (C=O) groups is 2. The molecule has 1 saturated heterocycles. The van der Waals surface area contributed by atoms with E-state index in [2.05, 4.69) is 10.3 Å². The molecule has 3 heterocycles. The average Bonchev–Trinajstić information content (AvgIpc) is 3.52. The molecule has 0 spiro atoms. The molecular weight excluding hydrogens is 416 g/mol. The lowest BCUT2D eigenvalue weighted by molar-refractivity contribution is -0.134. The summed E-state index contributed by atoms with van der Waals surface area (Å²) in [6.07, 6.45) is 3.03. The van der Waals surface area contributed by atoms with Gasteiger partial charge < -0.3 is 19.2 Å². The van der Waals surface area contributed by atoms with Crippen molar-refractivity contribution in [1.82, 2.24) is 10.3 Å². The van der Waals surface area contributed by atoms with Crippen molar-refractivity contribution in [3.05, 3.63) is 64.4 Å². The molecule has 3 atom stereocenters. The number of nitrogens with zero attached hydrogens (tertiary/aromatic N) is 1. The van der Waals surface area contributed by atoms with E-state index >= 15 is 0 Å². The van der Waals surface area contributed by atoms with E-state index in [0.29, 0.717) is 29.6 Å². The maximum atomic E-state index is 12.3. The van der Waals surface area contributed by atoms with Gasteiger partial charge in [-0.3, -0.25) is 9.59 Å². The summed E-state index contributed by atoms with van der Waals surface area (Å²) in [5, 5.41) is 7.25. The van der Waals surface area contributed by atoms with Gasteiger partial charge in [-0.25, -0.2) is 4.98 Å². The predicted molar refractivity (Wildman–Crippen MR) is 120 cm³/mol. The average molecular weight is 443 g/mol. The third-order valence-electron chi connectivity index (χ3n) is 5.91. The minimum Gasteiger partial charge on any atom is -0.487 e. The van der Waals surface area contributed by atoms with Crippen LogP contribution in [0.1, 0.15) is 31.2 Å². The smallest absolute Gasteiger partial charge is 0.293 e. The summed E-state index contributed by atoms with van der Waals surface area (Å²) in [7, 11) is -2.05. The van der Waals surface area contributed by atoms with Gasteiger partial charge in [-0.2, -0.15) is 0 Å². The van der Waals surface area contributed by atoms with Gasteiger partial charge in [-0.15, -0.1) is 10.0 Å². The zero-order valence-electron chi connectivity index (χ0n) is 17.6. The summed E-state index contributed by atoms with van der Waals surface area (Å²) in [6, 6.07) is 9.69. The summed E-state index contributed by atoms with van der Waals surface area (Å²) in [5.41, 5.74) is 2.59. The van der Waals surface area contributed by atoms with Crippen LogP contribution in [0.25, 0.3) is 11.5 Å². The largest absolute Gasteiger partial charge is 0.487 e. The highest BCUT2D eigenvalue weighted by molar-refractivity contribution is 8.49. The molecule has 4 rings (SSSR count). The van der Waals surface area contributed by atoms with Crippen LogP contribution in [0.4, 0.5) is 0 Å². The number of hydrogen-bond acceptors (Lipinski definition) is 7.